The predicted molar refractivity (Wildman–Crippen MR) is 51.5 cm³/mol. The lowest BCUT2D eigenvalue weighted by atomic mass is 10.2. The summed E-state index contributed by atoms with van der Waals surface area (Å²) in [5.74, 6) is 0.525. The fourth-order valence-corrected chi connectivity index (χ4v) is 0.988. The minimum absolute atomic E-state index is 0.247. The van der Waals surface area contributed by atoms with Gasteiger partial charge in [0.15, 0.2) is 11.6 Å². The van der Waals surface area contributed by atoms with E-state index >= 15 is 0 Å². The van der Waals surface area contributed by atoms with Gasteiger partial charge < -0.3 is 4.74 Å². The van der Waals surface area contributed by atoms with Crippen molar-refractivity contribution in [3.63, 3.8) is 0 Å². The summed E-state index contributed by atoms with van der Waals surface area (Å²) in [6, 6.07) is 5.19. The molecule has 0 aliphatic heterocycles. The first-order valence-corrected chi connectivity index (χ1v) is 4.49. The van der Waals surface area contributed by atoms with Crippen molar-refractivity contribution >= 4 is 0 Å². The lowest BCUT2D eigenvalue weighted by Gasteiger charge is -2.10. The zero-order valence-corrected chi connectivity index (χ0v) is 8.30. The Kier molecular flexibility index (Phi) is 3.29. The number of ether oxygens (including phenoxy) is 1. The number of halogens is 1. The molecule has 13 heavy (non-hydrogen) atoms. The minimum atomic E-state index is -0.247. The Morgan fingerprint density at radius 2 is 2.08 bits per heavy atom. The third-order valence-electron chi connectivity index (χ3n) is 1.73. The standard InChI is InChI=1S/C11H15FO/c1-8(2)7-13-10-6-4-5-9(3)11(10)12/h4-6,8H,7H2,1-3H3. The quantitative estimate of drug-likeness (QED) is 0.697. The van der Waals surface area contributed by atoms with Crippen molar-refractivity contribution in [1.29, 1.82) is 0 Å². The maximum Gasteiger partial charge on any atom is 0.167 e. The molecule has 0 unspecified atom stereocenters. The Hall–Kier alpha value is -1.05. The summed E-state index contributed by atoms with van der Waals surface area (Å²) in [5, 5.41) is 0. The summed E-state index contributed by atoms with van der Waals surface area (Å²) in [5.41, 5.74) is 0.626. The van der Waals surface area contributed by atoms with Crippen molar-refractivity contribution in [2.24, 2.45) is 5.92 Å². The second-order valence-corrected chi connectivity index (χ2v) is 3.59. The minimum Gasteiger partial charge on any atom is -0.490 e. The van der Waals surface area contributed by atoms with E-state index in [-0.39, 0.29) is 5.82 Å². The van der Waals surface area contributed by atoms with Crippen LogP contribution in [0.3, 0.4) is 0 Å². The zero-order chi connectivity index (χ0) is 9.84. The molecule has 2 heteroatoms. The summed E-state index contributed by atoms with van der Waals surface area (Å²) in [7, 11) is 0. The van der Waals surface area contributed by atoms with E-state index in [0.717, 1.165) is 0 Å². The van der Waals surface area contributed by atoms with Crippen LogP contribution in [0.4, 0.5) is 4.39 Å². The number of hydrogen-bond donors (Lipinski definition) is 0. The molecular formula is C11H15FO. The summed E-state index contributed by atoms with van der Waals surface area (Å²) in [6.07, 6.45) is 0. The first kappa shape index (κ1) is 10.0. The fraction of sp³-hybridized carbons (Fsp3) is 0.455. The molecule has 1 nitrogen and oxygen atoms in total. The van der Waals surface area contributed by atoms with Crippen molar-refractivity contribution in [3.05, 3.63) is 29.6 Å². The monoisotopic (exact) mass is 182 g/mol. The van der Waals surface area contributed by atoms with Crippen LogP contribution < -0.4 is 4.74 Å². The molecule has 1 aromatic rings. The van der Waals surface area contributed by atoms with Crippen LogP contribution in [0.15, 0.2) is 18.2 Å². The SMILES string of the molecule is Cc1cccc(OCC(C)C)c1F. The summed E-state index contributed by atoms with van der Waals surface area (Å²) >= 11 is 0. The highest BCUT2D eigenvalue weighted by Gasteiger charge is 2.05. The van der Waals surface area contributed by atoms with Gasteiger partial charge in [0.2, 0.25) is 0 Å². The van der Waals surface area contributed by atoms with Crippen molar-refractivity contribution in [2.75, 3.05) is 6.61 Å². The molecule has 0 fully saturated rings. The molecule has 0 saturated carbocycles. The second-order valence-electron chi connectivity index (χ2n) is 3.59. The van der Waals surface area contributed by atoms with E-state index in [2.05, 4.69) is 0 Å². The molecule has 0 heterocycles. The molecule has 0 bridgehead atoms. The van der Waals surface area contributed by atoms with Crippen LogP contribution in [0.2, 0.25) is 0 Å². The number of benzene rings is 1. The maximum absolute atomic E-state index is 13.3. The molecule has 0 atom stereocenters. The number of rotatable bonds is 3. The molecule has 0 aliphatic carbocycles. The van der Waals surface area contributed by atoms with Crippen LogP contribution in [-0.2, 0) is 0 Å². The molecule has 0 aliphatic rings. The highest BCUT2D eigenvalue weighted by atomic mass is 19.1. The predicted octanol–water partition coefficient (Wildman–Crippen LogP) is 3.17. The summed E-state index contributed by atoms with van der Waals surface area (Å²) in [6.45, 7) is 6.36. The van der Waals surface area contributed by atoms with Crippen LogP contribution in [-0.4, -0.2) is 6.61 Å². The molecule has 0 radical (unpaired) electrons. The molecule has 0 aromatic heterocycles. The van der Waals surface area contributed by atoms with Gasteiger partial charge >= 0.3 is 0 Å². The van der Waals surface area contributed by atoms with Gasteiger partial charge in [-0.2, -0.15) is 0 Å². The van der Waals surface area contributed by atoms with Gasteiger partial charge in [-0.25, -0.2) is 4.39 Å². The highest BCUT2D eigenvalue weighted by Crippen LogP contribution is 2.19. The molecule has 0 N–H and O–H groups in total. The second kappa shape index (κ2) is 4.26. The van der Waals surface area contributed by atoms with Crippen LogP contribution >= 0.6 is 0 Å². The fourth-order valence-electron chi connectivity index (χ4n) is 0.988. The smallest absolute Gasteiger partial charge is 0.167 e. The zero-order valence-electron chi connectivity index (χ0n) is 8.30. The van der Waals surface area contributed by atoms with Crippen LogP contribution in [0.5, 0.6) is 5.75 Å². The van der Waals surface area contributed by atoms with Crippen molar-refractivity contribution < 1.29 is 9.13 Å². The average Bonchev–Trinajstić information content (AvgIpc) is 2.07. The van der Waals surface area contributed by atoms with E-state index in [1.54, 1.807) is 25.1 Å². The molecule has 0 saturated heterocycles. The molecule has 0 amide bonds. The normalized spacial score (nSPS) is 10.5. The molecular weight excluding hydrogens is 167 g/mol. The molecule has 0 spiro atoms. The van der Waals surface area contributed by atoms with E-state index in [0.29, 0.717) is 23.8 Å². The first-order valence-electron chi connectivity index (χ1n) is 4.49. The number of hydrogen-bond acceptors (Lipinski definition) is 1. The van der Waals surface area contributed by atoms with Gasteiger partial charge in [-0.05, 0) is 24.5 Å². The Labute approximate surface area is 78.5 Å². The Balaban J connectivity index is 2.71. The van der Waals surface area contributed by atoms with E-state index in [1.807, 2.05) is 13.8 Å². The third-order valence-corrected chi connectivity index (χ3v) is 1.73. The molecule has 1 rings (SSSR count). The lowest BCUT2D eigenvalue weighted by Crippen LogP contribution is -2.06. The van der Waals surface area contributed by atoms with E-state index in [9.17, 15) is 4.39 Å². The topological polar surface area (TPSA) is 9.23 Å². The van der Waals surface area contributed by atoms with Crippen molar-refractivity contribution in [2.45, 2.75) is 20.8 Å². The average molecular weight is 182 g/mol. The van der Waals surface area contributed by atoms with E-state index in [4.69, 9.17) is 4.74 Å². The largest absolute Gasteiger partial charge is 0.490 e. The van der Waals surface area contributed by atoms with Crippen molar-refractivity contribution in [1.82, 2.24) is 0 Å². The van der Waals surface area contributed by atoms with Gasteiger partial charge in [-0.15, -0.1) is 0 Å². The Morgan fingerprint density at radius 3 is 2.69 bits per heavy atom. The summed E-state index contributed by atoms with van der Waals surface area (Å²) in [4.78, 5) is 0. The van der Waals surface area contributed by atoms with E-state index < -0.39 is 0 Å². The van der Waals surface area contributed by atoms with Crippen LogP contribution in [0, 0.1) is 18.7 Å². The van der Waals surface area contributed by atoms with Gasteiger partial charge in [0.1, 0.15) is 0 Å². The van der Waals surface area contributed by atoms with E-state index in [1.165, 1.54) is 0 Å². The third kappa shape index (κ3) is 2.72. The first-order chi connectivity index (χ1) is 6.11. The summed E-state index contributed by atoms with van der Waals surface area (Å²) < 4.78 is 18.6. The lowest BCUT2D eigenvalue weighted by molar-refractivity contribution is 0.259. The van der Waals surface area contributed by atoms with Crippen LogP contribution in [0.25, 0.3) is 0 Å². The highest BCUT2D eigenvalue weighted by molar-refractivity contribution is 5.29. The number of aryl methyl sites for hydroxylation is 1. The Bertz CT molecular complexity index is 281. The van der Waals surface area contributed by atoms with Gasteiger partial charge in [0.05, 0.1) is 6.61 Å². The molecule has 72 valence electrons. The van der Waals surface area contributed by atoms with Crippen molar-refractivity contribution in [3.8, 4) is 5.75 Å². The van der Waals surface area contributed by atoms with Gasteiger partial charge in [0.25, 0.3) is 0 Å². The van der Waals surface area contributed by atoms with Gasteiger partial charge in [-0.3, -0.25) is 0 Å². The molecule has 1 aromatic carbocycles. The van der Waals surface area contributed by atoms with Crippen LogP contribution in [0.1, 0.15) is 19.4 Å². The Morgan fingerprint density at radius 1 is 1.38 bits per heavy atom. The van der Waals surface area contributed by atoms with Gasteiger partial charge in [-0.1, -0.05) is 26.0 Å². The maximum atomic E-state index is 13.3. The van der Waals surface area contributed by atoms with Gasteiger partial charge in [0, 0.05) is 0 Å².